The van der Waals surface area contributed by atoms with Gasteiger partial charge >= 0.3 is 0 Å². The maximum atomic E-state index is 11.3. The van der Waals surface area contributed by atoms with E-state index in [4.69, 9.17) is 14.9 Å². The number of nitrogens with zero attached hydrogens (tertiary/aromatic N) is 2. The van der Waals surface area contributed by atoms with Crippen molar-refractivity contribution in [1.29, 1.82) is 0 Å². The molecule has 0 radical (unpaired) electrons. The van der Waals surface area contributed by atoms with Crippen LogP contribution in [0.4, 0.5) is 0 Å². The number of hydrogen-bond acceptors (Lipinski definition) is 4. The van der Waals surface area contributed by atoms with Gasteiger partial charge in [-0.15, -0.1) is 0 Å². The molecule has 2 aliphatic rings. The lowest BCUT2D eigenvalue weighted by Gasteiger charge is -2.25. The van der Waals surface area contributed by atoms with Gasteiger partial charge < -0.3 is 15.0 Å². The molecule has 2 heterocycles. The maximum Gasteiger partial charge on any atom is 0.238 e. The van der Waals surface area contributed by atoms with E-state index in [1.807, 2.05) is 0 Å². The molecule has 2 aliphatic heterocycles. The molecule has 0 bridgehead atoms. The largest absolute Gasteiger partial charge is 0.381 e. The molecule has 7 nitrogen and oxygen atoms in total. The standard InChI is InChI=1S/C18H28N4O3S/c1-2-20-17(22-11-8-18(13-22)9-12-25-14-18)21-10-7-15-3-5-16(6-4-15)26(19,23)24/h3-6H,2,7-14H2,1H3,(H,20,21)(H2,19,23,24). The van der Waals surface area contributed by atoms with Gasteiger partial charge in [0, 0.05) is 38.2 Å². The number of rotatable bonds is 5. The number of ether oxygens (including phenoxy) is 1. The second kappa shape index (κ2) is 7.94. The van der Waals surface area contributed by atoms with Crippen LogP contribution in [0.15, 0.2) is 34.2 Å². The highest BCUT2D eigenvalue weighted by atomic mass is 32.2. The van der Waals surface area contributed by atoms with Crippen molar-refractivity contribution in [3.8, 4) is 0 Å². The third-order valence-electron chi connectivity index (χ3n) is 5.17. The van der Waals surface area contributed by atoms with Crippen molar-refractivity contribution < 1.29 is 13.2 Å². The highest BCUT2D eigenvalue weighted by molar-refractivity contribution is 7.89. The molecule has 2 fully saturated rings. The number of benzene rings is 1. The second-order valence-corrected chi connectivity index (χ2v) is 8.71. The Morgan fingerprint density at radius 1 is 1.35 bits per heavy atom. The first-order valence-electron chi connectivity index (χ1n) is 9.15. The van der Waals surface area contributed by atoms with Crippen molar-refractivity contribution in [2.45, 2.75) is 31.1 Å². The smallest absolute Gasteiger partial charge is 0.238 e. The summed E-state index contributed by atoms with van der Waals surface area (Å²) in [7, 11) is -3.64. The summed E-state index contributed by atoms with van der Waals surface area (Å²) in [6.07, 6.45) is 3.05. The summed E-state index contributed by atoms with van der Waals surface area (Å²) in [5.41, 5.74) is 1.35. The van der Waals surface area contributed by atoms with Crippen LogP contribution in [0, 0.1) is 5.41 Å². The van der Waals surface area contributed by atoms with E-state index in [2.05, 4.69) is 17.1 Å². The van der Waals surface area contributed by atoms with Crippen molar-refractivity contribution in [2.75, 3.05) is 39.4 Å². The van der Waals surface area contributed by atoms with Crippen LogP contribution >= 0.6 is 0 Å². The zero-order valence-corrected chi connectivity index (χ0v) is 16.1. The van der Waals surface area contributed by atoms with Crippen molar-refractivity contribution >= 4 is 16.0 Å². The predicted molar refractivity (Wildman–Crippen MR) is 102 cm³/mol. The van der Waals surface area contributed by atoms with Crippen LogP contribution < -0.4 is 10.5 Å². The lowest BCUT2D eigenvalue weighted by Crippen LogP contribution is -2.41. The fraction of sp³-hybridized carbons (Fsp3) is 0.611. The fourth-order valence-electron chi connectivity index (χ4n) is 3.65. The van der Waals surface area contributed by atoms with E-state index in [1.165, 1.54) is 0 Å². The average Bonchev–Trinajstić information content (AvgIpc) is 3.24. The highest BCUT2D eigenvalue weighted by Gasteiger charge is 2.42. The van der Waals surface area contributed by atoms with Crippen molar-refractivity contribution in [2.24, 2.45) is 15.5 Å². The topological polar surface area (TPSA) is 97.0 Å². The molecule has 2 saturated heterocycles. The number of sulfonamides is 1. The number of likely N-dealkylation sites (tertiary alicyclic amines) is 1. The van der Waals surface area contributed by atoms with Crippen LogP contribution in [0.25, 0.3) is 0 Å². The third-order valence-corrected chi connectivity index (χ3v) is 6.10. The number of nitrogens with one attached hydrogen (secondary N) is 1. The number of primary sulfonamides is 1. The molecule has 1 aromatic rings. The summed E-state index contributed by atoms with van der Waals surface area (Å²) < 4.78 is 28.2. The first-order valence-corrected chi connectivity index (χ1v) is 10.7. The Kier molecular flexibility index (Phi) is 5.84. The molecule has 1 spiro atoms. The summed E-state index contributed by atoms with van der Waals surface area (Å²) in [5.74, 6) is 0.956. The summed E-state index contributed by atoms with van der Waals surface area (Å²) in [5, 5.41) is 8.51. The van der Waals surface area contributed by atoms with Gasteiger partial charge in [-0.1, -0.05) is 12.1 Å². The monoisotopic (exact) mass is 380 g/mol. The molecule has 0 aliphatic carbocycles. The van der Waals surface area contributed by atoms with Crippen LogP contribution in [-0.2, 0) is 21.2 Å². The van der Waals surface area contributed by atoms with E-state index in [0.717, 1.165) is 63.6 Å². The first kappa shape index (κ1) is 19.1. The Balaban J connectivity index is 1.59. The van der Waals surface area contributed by atoms with Crippen LogP contribution in [0.2, 0.25) is 0 Å². The van der Waals surface area contributed by atoms with Crippen molar-refractivity contribution in [3.05, 3.63) is 29.8 Å². The van der Waals surface area contributed by atoms with Crippen molar-refractivity contribution in [3.63, 3.8) is 0 Å². The zero-order chi connectivity index (χ0) is 18.6. The van der Waals surface area contributed by atoms with E-state index in [1.54, 1.807) is 24.3 Å². The van der Waals surface area contributed by atoms with Crippen LogP contribution in [-0.4, -0.2) is 58.7 Å². The molecular formula is C18H28N4O3S. The van der Waals surface area contributed by atoms with Gasteiger partial charge in [0.1, 0.15) is 0 Å². The van der Waals surface area contributed by atoms with Gasteiger partial charge in [0.05, 0.1) is 11.5 Å². The summed E-state index contributed by atoms with van der Waals surface area (Å²) in [4.78, 5) is 7.24. The Morgan fingerprint density at radius 2 is 2.12 bits per heavy atom. The number of nitrogens with two attached hydrogens (primary N) is 1. The summed E-state index contributed by atoms with van der Waals surface area (Å²) >= 11 is 0. The predicted octanol–water partition coefficient (Wildman–Crippen LogP) is 0.954. The Morgan fingerprint density at radius 3 is 2.73 bits per heavy atom. The van der Waals surface area contributed by atoms with Gasteiger partial charge in [-0.05, 0) is 43.9 Å². The number of hydrogen-bond donors (Lipinski definition) is 2. The molecule has 8 heteroatoms. The van der Waals surface area contributed by atoms with E-state index in [9.17, 15) is 8.42 Å². The van der Waals surface area contributed by atoms with Crippen LogP contribution in [0.5, 0.6) is 0 Å². The molecule has 1 unspecified atom stereocenters. The van der Waals surface area contributed by atoms with E-state index in [0.29, 0.717) is 12.0 Å². The Hall–Kier alpha value is -1.64. The molecule has 0 aromatic heterocycles. The molecule has 3 N–H and O–H groups in total. The quantitative estimate of drug-likeness (QED) is 0.586. The minimum Gasteiger partial charge on any atom is -0.381 e. The van der Waals surface area contributed by atoms with Gasteiger partial charge in [-0.25, -0.2) is 13.6 Å². The Bertz CT molecular complexity index is 740. The van der Waals surface area contributed by atoms with Gasteiger partial charge in [0.25, 0.3) is 0 Å². The summed E-state index contributed by atoms with van der Waals surface area (Å²) in [6, 6.07) is 6.68. The van der Waals surface area contributed by atoms with Crippen LogP contribution in [0.3, 0.4) is 0 Å². The number of guanidine groups is 1. The SMILES string of the molecule is CCNC(=NCCc1ccc(S(N)(=O)=O)cc1)N1CCC2(CCOC2)C1. The van der Waals surface area contributed by atoms with E-state index >= 15 is 0 Å². The molecule has 26 heavy (non-hydrogen) atoms. The van der Waals surface area contributed by atoms with Gasteiger partial charge in [-0.3, -0.25) is 4.99 Å². The minimum atomic E-state index is -3.64. The third kappa shape index (κ3) is 4.55. The van der Waals surface area contributed by atoms with Crippen LogP contribution in [0.1, 0.15) is 25.3 Å². The molecule has 3 rings (SSSR count). The number of aliphatic imine (C=N–C) groups is 1. The fourth-order valence-corrected chi connectivity index (χ4v) is 4.17. The molecule has 0 amide bonds. The van der Waals surface area contributed by atoms with Gasteiger partial charge in [0.2, 0.25) is 10.0 Å². The molecule has 1 atom stereocenters. The zero-order valence-electron chi connectivity index (χ0n) is 15.3. The summed E-state index contributed by atoms with van der Waals surface area (Å²) in [6.45, 7) is 7.31. The Labute approximate surface area is 155 Å². The lowest BCUT2D eigenvalue weighted by atomic mass is 9.87. The van der Waals surface area contributed by atoms with Crippen molar-refractivity contribution in [1.82, 2.24) is 10.2 Å². The molecular weight excluding hydrogens is 352 g/mol. The molecule has 0 saturated carbocycles. The lowest BCUT2D eigenvalue weighted by molar-refractivity contribution is 0.156. The average molecular weight is 381 g/mol. The van der Waals surface area contributed by atoms with Gasteiger partial charge in [0.15, 0.2) is 5.96 Å². The normalized spacial score (nSPS) is 23.8. The van der Waals surface area contributed by atoms with E-state index < -0.39 is 10.0 Å². The first-order chi connectivity index (χ1) is 12.4. The molecule has 1 aromatic carbocycles. The minimum absolute atomic E-state index is 0.138. The van der Waals surface area contributed by atoms with E-state index in [-0.39, 0.29) is 4.90 Å². The molecule has 144 valence electrons. The maximum absolute atomic E-state index is 11.3. The highest BCUT2D eigenvalue weighted by Crippen LogP contribution is 2.38. The second-order valence-electron chi connectivity index (χ2n) is 7.15. The van der Waals surface area contributed by atoms with Gasteiger partial charge in [-0.2, -0.15) is 0 Å².